The lowest BCUT2D eigenvalue weighted by Crippen LogP contribution is -2.59. The number of phenols is 4. The van der Waals surface area contributed by atoms with Crippen LogP contribution < -0.4 is 0 Å². The first-order valence-corrected chi connectivity index (χ1v) is 9.16. The van der Waals surface area contributed by atoms with Crippen molar-refractivity contribution in [2.45, 2.75) is 30.5 Å². The Hall–Kier alpha value is -3.54. The molecule has 0 radical (unpaired) electrons. The lowest BCUT2D eigenvalue weighted by molar-refractivity contribution is -0.235. The Kier molecular flexibility index (Phi) is 5.09. The van der Waals surface area contributed by atoms with Gasteiger partial charge in [-0.15, -0.1) is 0 Å². The van der Waals surface area contributed by atoms with Crippen molar-refractivity contribution >= 4 is 11.9 Å². The molecule has 0 aliphatic carbocycles. The molecule has 2 aromatic rings. The summed E-state index contributed by atoms with van der Waals surface area (Å²) in [5, 5.41) is 59.4. The van der Waals surface area contributed by atoms with Crippen LogP contribution >= 0.6 is 0 Å². The maximum Gasteiger partial charge on any atom is 0.339 e. The number of rotatable bonds is 3. The molecule has 2 heterocycles. The molecule has 1 fully saturated rings. The Labute approximate surface area is 174 Å². The van der Waals surface area contributed by atoms with E-state index in [1.165, 1.54) is 24.3 Å². The smallest absolute Gasteiger partial charge is 0.339 e. The molecule has 4 rings (SSSR count). The summed E-state index contributed by atoms with van der Waals surface area (Å²) in [7, 11) is 0. The van der Waals surface area contributed by atoms with Crippen molar-refractivity contribution in [3.63, 3.8) is 0 Å². The second-order valence-electron chi connectivity index (χ2n) is 7.11. The fourth-order valence-electron chi connectivity index (χ4n) is 3.67. The van der Waals surface area contributed by atoms with Gasteiger partial charge < -0.3 is 44.8 Å². The molecule has 5 unspecified atom stereocenters. The highest BCUT2D eigenvalue weighted by Gasteiger charge is 2.54. The number of ether oxygens (including phenoxy) is 3. The van der Waals surface area contributed by atoms with Crippen molar-refractivity contribution in [2.75, 3.05) is 6.61 Å². The van der Waals surface area contributed by atoms with Gasteiger partial charge in [0.2, 0.25) is 5.75 Å². The minimum absolute atomic E-state index is 0.0292. The van der Waals surface area contributed by atoms with Gasteiger partial charge in [-0.05, 0) is 30.3 Å². The molecular weight excluding hydrogens is 416 g/mol. The number of aliphatic hydroxyl groups excluding tert-OH is 2. The number of hydrogen-bond acceptors (Lipinski definition) is 11. The van der Waals surface area contributed by atoms with E-state index in [2.05, 4.69) is 0 Å². The number of carbonyl (C=O) groups is 2. The van der Waals surface area contributed by atoms with Crippen LogP contribution in [0.15, 0.2) is 30.3 Å². The zero-order chi connectivity index (χ0) is 22.4. The Morgan fingerprint density at radius 2 is 1.74 bits per heavy atom. The van der Waals surface area contributed by atoms with E-state index in [4.69, 9.17) is 14.2 Å². The molecule has 0 amide bonds. The van der Waals surface area contributed by atoms with Crippen LogP contribution in [0.5, 0.6) is 23.0 Å². The van der Waals surface area contributed by atoms with Crippen LogP contribution in [0.2, 0.25) is 0 Å². The number of phenolic OH excluding ortho intramolecular Hbond substituents is 4. The predicted molar refractivity (Wildman–Crippen MR) is 98.7 cm³/mol. The summed E-state index contributed by atoms with van der Waals surface area (Å²) in [6.45, 7) is -0.703. The average molecular weight is 434 g/mol. The van der Waals surface area contributed by atoms with Crippen molar-refractivity contribution in [3.05, 3.63) is 47.0 Å². The number of carbonyl (C=O) groups excluding carboxylic acids is 2. The van der Waals surface area contributed by atoms with Crippen molar-refractivity contribution < 1.29 is 54.4 Å². The minimum atomic E-state index is -1.60. The molecule has 31 heavy (non-hydrogen) atoms. The molecular formula is C20H18O11. The van der Waals surface area contributed by atoms with E-state index in [0.29, 0.717) is 0 Å². The molecule has 1 saturated heterocycles. The summed E-state index contributed by atoms with van der Waals surface area (Å²) in [4.78, 5) is 25.0. The van der Waals surface area contributed by atoms with Gasteiger partial charge in [-0.1, -0.05) is 0 Å². The molecule has 11 nitrogen and oxygen atoms in total. The first kappa shape index (κ1) is 20.7. The summed E-state index contributed by atoms with van der Waals surface area (Å²) in [5.41, 5.74) is -0.514. The molecule has 2 aliphatic heterocycles. The van der Waals surface area contributed by atoms with Crippen molar-refractivity contribution in [1.82, 2.24) is 0 Å². The van der Waals surface area contributed by atoms with Crippen molar-refractivity contribution in [3.8, 4) is 23.0 Å². The third-order valence-corrected chi connectivity index (χ3v) is 5.23. The van der Waals surface area contributed by atoms with E-state index >= 15 is 0 Å². The van der Waals surface area contributed by atoms with Crippen LogP contribution in [0.1, 0.15) is 32.4 Å². The van der Waals surface area contributed by atoms with Crippen molar-refractivity contribution in [2.24, 2.45) is 0 Å². The van der Waals surface area contributed by atoms with Crippen LogP contribution in [-0.2, 0) is 14.2 Å². The van der Waals surface area contributed by atoms with Crippen LogP contribution in [0.3, 0.4) is 0 Å². The molecule has 2 aromatic carbocycles. The van der Waals surface area contributed by atoms with Gasteiger partial charge in [0.25, 0.3) is 0 Å². The van der Waals surface area contributed by atoms with Crippen LogP contribution in [0.25, 0.3) is 0 Å². The summed E-state index contributed by atoms with van der Waals surface area (Å²) in [5.74, 6) is -4.54. The Balaban J connectivity index is 1.73. The standard InChI is InChI=1S/C20H18O11/c21-6-11-14(25)17(30-19(27)7-1-3-8(22)4-2-7)18-16(29-11)12-9(20(28)31-18)5-10(23)13(24)15(12)26/h1-5,11,14,16-18,21-26H,6H2. The number of benzene rings is 2. The lowest BCUT2D eigenvalue weighted by Gasteiger charge is -2.45. The van der Waals surface area contributed by atoms with Gasteiger partial charge in [-0.25, -0.2) is 9.59 Å². The molecule has 164 valence electrons. The topological polar surface area (TPSA) is 183 Å². The van der Waals surface area contributed by atoms with Gasteiger partial charge in [0, 0.05) is 5.56 Å². The third-order valence-electron chi connectivity index (χ3n) is 5.23. The second-order valence-corrected chi connectivity index (χ2v) is 7.11. The molecule has 0 bridgehead atoms. The number of hydrogen-bond donors (Lipinski definition) is 6. The highest BCUT2D eigenvalue weighted by atomic mass is 16.6. The first-order valence-electron chi connectivity index (χ1n) is 9.16. The largest absolute Gasteiger partial charge is 0.508 e. The first-order chi connectivity index (χ1) is 14.7. The fourth-order valence-corrected chi connectivity index (χ4v) is 3.67. The van der Waals surface area contributed by atoms with Gasteiger partial charge in [-0.2, -0.15) is 0 Å². The molecule has 0 spiro atoms. The van der Waals surface area contributed by atoms with E-state index < -0.39 is 66.3 Å². The normalized spacial score (nSPS) is 27.0. The molecule has 0 aromatic heterocycles. The Morgan fingerprint density at radius 1 is 1.06 bits per heavy atom. The highest BCUT2D eigenvalue weighted by Crippen LogP contribution is 2.49. The summed E-state index contributed by atoms with van der Waals surface area (Å²) < 4.78 is 16.2. The number of esters is 2. The monoisotopic (exact) mass is 434 g/mol. The highest BCUT2D eigenvalue weighted by molar-refractivity contribution is 5.95. The lowest BCUT2D eigenvalue weighted by atomic mass is 9.86. The SMILES string of the molecule is O=C(OC1C(O)C(CO)OC2c3c(cc(O)c(O)c3O)C(=O)OC21)c1ccc(O)cc1. The average Bonchev–Trinajstić information content (AvgIpc) is 2.75. The van der Waals surface area contributed by atoms with Gasteiger partial charge in [0.15, 0.2) is 23.7 Å². The van der Waals surface area contributed by atoms with Crippen LogP contribution in [-0.4, -0.2) is 73.6 Å². The second kappa shape index (κ2) is 7.61. The minimum Gasteiger partial charge on any atom is -0.508 e. The summed E-state index contributed by atoms with van der Waals surface area (Å²) in [6.07, 6.45) is -7.18. The Bertz CT molecular complexity index is 1030. The van der Waals surface area contributed by atoms with E-state index in [1.54, 1.807) is 0 Å². The Morgan fingerprint density at radius 3 is 2.39 bits per heavy atom. The quantitative estimate of drug-likeness (QED) is 0.284. The number of aromatic hydroxyl groups is 4. The van der Waals surface area contributed by atoms with Crippen LogP contribution in [0, 0.1) is 0 Å². The fraction of sp³-hybridized carbons (Fsp3) is 0.300. The van der Waals surface area contributed by atoms with Crippen molar-refractivity contribution in [1.29, 1.82) is 0 Å². The van der Waals surface area contributed by atoms with E-state index in [9.17, 15) is 40.2 Å². The zero-order valence-electron chi connectivity index (χ0n) is 15.7. The zero-order valence-corrected chi connectivity index (χ0v) is 15.7. The van der Waals surface area contributed by atoms with E-state index in [0.717, 1.165) is 6.07 Å². The van der Waals surface area contributed by atoms with Gasteiger partial charge >= 0.3 is 11.9 Å². The summed E-state index contributed by atoms with van der Waals surface area (Å²) >= 11 is 0. The number of fused-ring (bicyclic) bond motifs is 3. The molecule has 0 saturated carbocycles. The van der Waals surface area contributed by atoms with Gasteiger partial charge in [0.1, 0.15) is 24.1 Å². The van der Waals surface area contributed by atoms with Gasteiger partial charge in [0.05, 0.1) is 17.7 Å². The van der Waals surface area contributed by atoms with Gasteiger partial charge in [-0.3, -0.25) is 0 Å². The van der Waals surface area contributed by atoms with E-state index in [1.807, 2.05) is 0 Å². The maximum atomic E-state index is 12.6. The molecule has 2 aliphatic rings. The number of aliphatic hydroxyl groups is 2. The predicted octanol–water partition coefficient (Wildman–Crippen LogP) is 0.0667. The summed E-state index contributed by atoms with van der Waals surface area (Å²) in [6, 6.07) is 5.93. The molecule has 11 heteroatoms. The molecule has 5 atom stereocenters. The molecule has 6 N–H and O–H groups in total. The third kappa shape index (κ3) is 3.38. The maximum absolute atomic E-state index is 12.6. The van der Waals surface area contributed by atoms with E-state index in [-0.39, 0.29) is 22.4 Å². The van der Waals surface area contributed by atoms with Crippen LogP contribution in [0.4, 0.5) is 0 Å².